The molecular formula is C11H13NO3. The van der Waals surface area contributed by atoms with Crippen LogP contribution >= 0.6 is 0 Å². The van der Waals surface area contributed by atoms with E-state index in [1.807, 2.05) is 0 Å². The van der Waals surface area contributed by atoms with Crippen LogP contribution < -0.4 is 0 Å². The monoisotopic (exact) mass is 207 g/mol. The van der Waals surface area contributed by atoms with Gasteiger partial charge in [-0.3, -0.25) is 4.79 Å². The summed E-state index contributed by atoms with van der Waals surface area (Å²) >= 11 is 0. The molecule has 4 heteroatoms. The van der Waals surface area contributed by atoms with Crippen LogP contribution in [-0.2, 0) is 0 Å². The molecule has 0 bridgehead atoms. The number of furan rings is 1. The molecule has 1 aromatic heterocycles. The lowest BCUT2D eigenvalue weighted by Gasteiger charge is -2.46. The number of aliphatic hydroxyl groups is 1. The average Bonchev–Trinajstić information content (AvgIpc) is 2.89. The molecule has 1 saturated heterocycles. The zero-order valence-corrected chi connectivity index (χ0v) is 8.35. The van der Waals surface area contributed by atoms with Gasteiger partial charge in [0.05, 0.1) is 24.9 Å². The molecule has 0 aromatic carbocycles. The van der Waals surface area contributed by atoms with Gasteiger partial charge < -0.3 is 14.4 Å². The number of likely N-dealkylation sites (tertiary alicyclic amines) is 1. The van der Waals surface area contributed by atoms with Gasteiger partial charge in [0.15, 0.2) is 0 Å². The molecule has 0 radical (unpaired) electrons. The minimum atomic E-state index is -0.598. The number of rotatable bonds is 2. The normalized spacial score (nSPS) is 23.7. The highest BCUT2D eigenvalue weighted by Crippen LogP contribution is 2.44. The van der Waals surface area contributed by atoms with Crippen molar-refractivity contribution in [1.82, 2.24) is 4.90 Å². The lowest BCUT2D eigenvalue weighted by atomic mass is 9.88. The molecule has 2 aliphatic rings. The third kappa shape index (κ3) is 1.36. The predicted octanol–water partition coefficient (Wildman–Crippen LogP) is 0.877. The summed E-state index contributed by atoms with van der Waals surface area (Å²) in [7, 11) is 0. The van der Waals surface area contributed by atoms with Crippen molar-refractivity contribution in [1.29, 1.82) is 0 Å². The van der Waals surface area contributed by atoms with Gasteiger partial charge in [0.1, 0.15) is 11.9 Å². The number of β-amino-alcohol motifs (C(OH)–C–C–N with tert-alkyl or cyclic N) is 1. The van der Waals surface area contributed by atoms with Gasteiger partial charge in [-0.1, -0.05) is 0 Å². The van der Waals surface area contributed by atoms with Gasteiger partial charge in [-0.2, -0.15) is 0 Å². The first kappa shape index (κ1) is 8.97. The van der Waals surface area contributed by atoms with Crippen LogP contribution in [0.5, 0.6) is 0 Å². The first-order chi connectivity index (χ1) is 7.19. The second-order valence-electron chi connectivity index (χ2n) is 4.55. The second-order valence-corrected chi connectivity index (χ2v) is 4.55. The van der Waals surface area contributed by atoms with Crippen molar-refractivity contribution >= 4 is 5.91 Å². The van der Waals surface area contributed by atoms with E-state index in [2.05, 4.69) is 0 Å². The summed E-state index contributed by atoms with van der Waals surface area (Å²) in [5, 5.41) is 10.0. The molecule has 3 rings (SSSR count). The van der Waals surface area contributed by atoms with Gasteiger partial charge in [-0.25, -0.2) is 0 Å². The zero-order chi connectivity index (χ0) is 10.5. The van der Waals surface area contributed by atoms with E-state index in [1.54, 1.807) is 11.0 Å². The lowest BCUT2D eigenvalue weighted by Crippen LogP contribution is -2.64. The molecule has 1 N–H and O–H groups in total. The molecule has 15 heavy (non-hydrogen) atoms. The van der Waals surface area contributed by atoms with Crippen LogP contribution in [0, 0.1) is 5.92 Å². The first-order valence-electron chi connectivity index (χ1n) is 5.23. The number of amides is 1. The highest BCUT2D eigenvalue weighted by atomic mass is 16.3. The summed E-state index contributed by atoms with van der Waals surface area (Å²) in [6, 6.07) is 1.65. The van der Waals surface area contributed by atoms with Gasteiger partial charge in [0, 0.05) is 0 Å². The van der Waals surface area contributed by atoms with Gasteiger partial charge in [0.25, 0.3) is 5.91 Å². The van der Waals surface area contributed by atoms with Crippen LogP contribution in [0.2, 0.25) is 0 Å². The maximum Gasteiger partial charge on any atom is 0.257 e. The molecular weight excluding hydrogens is 194 g/mol. The van der Waals surface area contributed by atoms with E-state index in [9.17, 15) is 9.90 Å². The highest BCUT2D eigenvalue weighted by Gasteiger charge is 2.53. The number of nitrogens with zero attached hydrogens (tertiary/aromatic N) is 1. The van der Waals surface area contributed by atoms with Crippen LogP contribution in [0.15, 0.2) is 23.0 Å². The summed E-state index contributed by atoms with van der Waals surface area (Å²) in [6.07, 6.45) is 5.13. The van der Waals surface area contributed by atoms with Gasteiger partial charge in [-0.15, -0.1) is 0 Å². The van der Waals surface area contributed by atoms with Crippen LogP contribution in [0.1, 0.15) is 23.2 Å². The molecule has 1 aliphatic carbocycles. The second kappa shape index (κ2) is 2.85. The summed E-state index contributed by atoms with van der Waals surface area (Å²) in [5.41, 5.74) is -0.0350. The van der Waals surface area contributed by atoms with E-state index in [1.165, 1.54) is 12.5 Å². The number of hydrogen-bond donors (Lipinski definition) is 1. The van der Waals surface area contributed by atoms with E-state index < -0.39 is 5.60 Å². The van der Waals surface area contributed by atoms with Crippen LogP contribution in [0.4, 0.5) is 0 Å². The maximum atomic E-state index is 11.8. The summed E-state index contributed by atoms with van der Waals surface area (Å²) in [5.74, 6) is 0.375. The summed E-state index contributed by atoms with van der Waals surface area (Å²) in [4.78, 5) is 13.4. The largest absolute Gasteiger partial charge is 0.472 e. The SMILES string of the molecule is O=C(c1ccoc1)N1CC(O)(C2CC2)C1. The van der Waals surface area contributed by atoms with Crippen LogP contribution in [-0.4, -0.2) is 34.6 Å². The van der Waals surface area contributed by atoms with Crippen LogP contribution in [0.25, 0.3) is 0 Å². The molecule has 1 saturated carbocycles. The Kier molecular flexibility index (Phi) is 1.71. The smallest absolute Gasteiger partial charge is 0.257 e. The molecule has 0 spiro atoms. The standard InChI is InChI=1S/C11H13NO3/c13-10(8-3-4-15-5-8)12-6-11(14,7-12)9-1-2-9/h3-5,9,14H,1-2,6-7H2. The Morgan fingerprint density at radius 3 is 2.80 bits per heavy atom. The van der Waals surface area contributed by atoms with E-state index in [-0.39, 0.29) is 5.91 Å². The minimum Gasteiger partial charge on any atom is -0.472 e. The molecule has 4 nitrogen and oxygen atoms in total. The van der Waals surface area contributed by atoms with E-state index in [0.29, 0.717) is 24.6 Å². The van der Waals surface area contributed by atoms with E-state index in [4.69, 9.17) is 4.42 Å². The molecule has 1 aromatic rings. The fourth-order valence-corrected chi connectivity index (χ4v) is 2.21. The highest BCUT2D eigenvalue weighted by molar-refractivity contribution is 5.94. The molecule has 1 aliphatic heterocycles. The number of carbonyl (C=O) groups is 1. The van der Waals surface area contributed by atoms with E-state index in [0.717, 1.165) is 12.8 Å². The minimum absolute atomic E-state index is 0.0472. The van der Waals surface area contributed by atoms with Crippen LogP contribution in [0.3, 0.4) is 0 Å². The van der Waals surface area contributed by atoms with Crippen molar-refractivity contribution < 1.29 is 14.3 Å². The zero-order valence-electron chi connectivity index (χ0n) is 8.35. The van der Waals surface area contributed by atoms with Crippen molar-refractivity contribution in [3.8, 4) is 0 Å². The quantitative estimate of drug-likeness (QED) is 0.783. The topological polar surface area (TPSA) is 53.7 Å². The summed E-state index contributed by atoms with van der Waals surface area (Å²) < 4.78 is 4.86. The van der Waals surface area contributed by atoms with Crippen molar-refractivity contribution in [2.24, 2.45) is 5.92 Å². The Hall–Kier alpha value is -1.29. The van der Waals surface area contributed by atoms with E-state index >= 15 is 0 Å². The average molecular weight is 207 g/mol. The number of carbonyl (C=O) groups excluding carboxylic acids is 1. The van der Waals surface area contributed by atoms with Crippen molar-refractivity contribution in [2.75, 3.05) is 13.1 Å². The van der Waals surface area contributed by atoms with Crippen molar-refractivity contribution in [2.45, 2.75) is 18.4 Å². The van der Waals surface area contributed by atoms with Crippen molar-refractivity contribution in [3.05, 3.63) is 24.2 Å². The molecule has 0 unspecified atom stereocenters. The molecule has 0 atom stereocenters. The molecule has 80 valence electrons. The third-order valence-corrected chi connectivity index (χ3v) is 3.32. The Balaban J connectivity index is 1.65. The Labute approximate surface area is 87.5 Å². The molecule has 2 fully saturated rings. The fraction of sp³-hybridized carbons (Fsp3) is 0.545. The van der Waals surface area contributed by atoms with Gasteiger partial charge >= 0.3 is 0 Å². The Morgan fingerprint density at radius 1 is 1.53 bits per heavy atom. The van der Waals surface area contributed by atoms with Gasteiger partial charge in [-0.05, 0) is 24.8 Å². The van der Waals surface area contributed by atoms with Gasteiger partial charge in [0.2, 0.25) is 0 Å². The lowest BCUT2D eigenvalue weighted by molar-refractivity contribution is -0.0958. The summed E-state index contributed by atoms with van der Waals surface area (Å²) in [6.45, 7) is 0.948. The maximum absolute atomic E-state index is 11.8. The fourth-order valence-electron chi connectivity index (χ4n) is 2.21. The van der Waals surface area contributed by atoms with Crippen molar-refractivity contribution in [3.63, 3.8) is 0 Å². The predicted molar refractivity (Wildman–Crippen MR) is 52.3 cm³/mol. The Morgan fingerprint density at radius 2 is 2.27 bits per heavy atom. The Bertz CT molecular complexity index is 375. The molecule has 1 amide bonds. The third-order valence-electron chi connectivity index (χ3n) is 3.32. The number of hydrogen-bond acceptors (Lipinski definition) is 3. The molecule has 2 heterocycles. The first-order valence-corrected chi connectivity index (χ1v) is 5.23.